The van der Waals surface area contributed by atoms with Crippen LogP contribution >= 0.6 is 0 Å². The number of hydrogen-bond acceptors (Lipinski definition) is 4. The first kappa shape index (κ1) is 27.5. The average Bonchev–Trinajstić information content (AvgIpc) is 2.53. The van der Waals surface area contributed by atoms with Gasteiger partial charge in [-0.05, 0) is 81.1 Å². The van der Waals surface area contributed by atoms with Gasteiger partial charge in [-0.15, -0.1) is 0 Å². The highest BCUT2D eigenvalue weighted by Gasteiger charge is 2.46. The molecule has 0 amide bonds. The standard InChI is InChI=1S/C24H44N2O4S2/c1-21(2)15-13-16-22(3,4)25(21)31(27,28)19-11-9-10-12-20-32(29,30)26-23(5,6)17-14-18-24(26,7)8/h13-15,17H,9-12,16,18-20H2,1-8H3. The van der Waals surface area contributed by atoms with Crippen LogP contribution in [-0.4, -0.2) is 59.1 Å². The van der Waals surface area contributed by atoms with Crippen molar-refractivity contribution >= 4 is 20.0 Å². The van der Waals surface area contributed by atoms with E-state index in [1.54, 1.807) is 8.61 Å². The first-order chi connectivity index (χ1) is 14.4. The minimum absolute atomic E-state index is 0.0947. The smallest absolute Gasteiger partial charge is 0.212 e. The van der Waals surface area contributed by atoms with E-state index < -0.39 is 42.2 Å². The SMILES string of the molecule is CC1(C)C=CCC(C)(C)N1S(=O)(=O)CCCCCCS(=O)(=O)N1C(C)(C)C=CCC1(C)C. The van der Waals surface area contributed by atoms with Crippen molar-refractivity contribution in [1.82, 2.24) is 8.61 Å². The van der Waals surface area contributed by atoms with E-state index in [2.05, 4.69) is 12.2 Å². The van der Waals surface area contributed by atoms with E-state index >= 15 is 0 Å². The van der Waals surface area contributed by atoms with Crippen LogP contribution in [0.1, 0.15) is 93.9 Å². The van der Waals surface area contributed by atoms with Crippen LogP contribution in [0.4, 0.5) is 0 Å². The van der Waals surface area contributed by atoms with E-state index in [4.69, 9.17) is 0 Å². The maximum Gasteiger partial charge on any atom is 0.215 e. The molecule has 0 atom stereocenters. The third-order valence-corrected chi connectivity index (χ3v) is 11.2. The van der Waals surface area contributed by atoms with E-state index in [-0.39, 0.29) is 11.5 Å². The summed E-state index contributed by atoms with van der Waals surface area (Å²) in [4.78, 5) is 0. The fourth-order valence-corrected chi connectivity index (χ4v) is 10.4. The number of rotatable bonds is 9. The van der Waals surface area contributed by atoms with Crippen molar-refractivity contribution in [3.8, 4) is 0 Å². The number of hydrogen-bond donors (Lipinski definition) is 0. The lowest BCUT2D eigenvalue weighted by molar-refractivity contribution is 0.133. The van der Waals surface area contributed by atoms with E-state index in [9.17, 15) is 16.8 Å². The lowest BCUT2D eigenvalue weighted by Gasteiger charge is -2.48. The highest BCUT2D eigenvalue weighted by Crippen LogP contribution is 2.38. The van der Waals surface area contributed by atoms with Crippen LogP contribution in [0.2, 0.25) is 0 Å². The predicted molar refractivity (Wildman–Crippen MR) is 134 cm³/mol. The Hall–Kier alpha value is -0.700. The van der Waals surface area contributed by atoms with Gasteiger partial charge < -0.3 is 0 Å². The normalized spacial score (nSPS) is 25.1. The van der Waals surface area contributed by atoms with E-state index in [1.165, 1.54) is 0 Å². The molecular formula is C24H44N2O4S2. The molecule has 0 fully saturated rings. The quantitative estimate of drug-likeness (QED) is 0.344. The molecule has 2 aliphatic heterocycles. The monoisotopic (exact) mass is 488 g/mol. The van der Waals surface area contributed by atoms with E-state index in [0.29, 0.717) is 38.5 Å². The van der Waals surface area contributed by atoms with Gasteiger partial charge in [0.15, 0.2) is 0 Å². The first-order valence-electron chi connectivity index (χ1n) is 11.8. The van der Waals surface area contributed by atoms with Gasteiger partial charge in [-0.1, -0.05) is 37.1 Å². The molecule has 0 aromatic rings. The highest BCUT2D eigenvalue weighted by atomic mass is 32.2. The molecule has 0 radical (unpaired) electrons. The molecule has 2 aliphatic rings. The third kappa shape index (κ3) is 6.05. The van der Waals surface area contributed by atoms with Crippen LogP contribution in [0.25, 0.3) is 0 Å². The molecule has 186 valence electrons. The molecule has 0 saturated heterocycles. The molecular weight excluding hydrogens is 444 g/mol. The van der Waals surface area contributed by atoms with Crippen molar-refractivity contribution < 1.29 is 16.8 Å². The minimum atomic E-state index is -3.41. The van der Waals surface area contributed by atoms with Gasteiger partial charge >= 0.3 is 0 Å². The molecule has 0 spiro atoms. The Kier molecular flexibility index (Phi) is 7.88. The molecule has 2 heterocycles. The lowest BCUT2D eigenvalue weighted by Crippen LogP contribution is -2.59. The summed E-state index contributed by atoms with van der Waals surface area (Å²) >= 11 is 0. The van der Waals surface area contributed by atoms with Crippen molar-refractivity contribution in [1.29, 1.82) is 0 Å². The van der Waals surface area contributed by atoms with Gasteiger partial charge in [0.25, 0.3) is 0 Å². The van der Waals surface area contributed by atoms with E-state index in [0.717, 1.165) is 0 Å². The molecule has 0 saturated carbocycles. The summed E-state index contributed by atoms with van der Waals surface area (Å²) < 4.78 is 55.9. The number of sulfonamides is 2. The Labute approximate surface area is 197 Å². The van der Waals surface area contributed by atoms with Gasteiger partial charge in [-0.3, -0.25) is 0 Å². The first-order valence-corrected chi connectivity index (χ1v) is 15.0. The van der Waals surface area contributed by atoms with E-state index in [1.807, 2.05) is 67.5 Å². The zero-order chi connectivity index (χ0) is 24.6. The summed E-state index contributed by atoms with van der Waals surface area (Å²) in [5, 5.41) is 0. The summed E-state index contributed by atoms with van der Waals surface area (Å²) in [5.41, 5.74) is -1.99. The van der Waals surface area contributed by atoms with Crippen molar-refractivity contribution in [3.05, 3.63) is 24.3 Å². The minimum Gasteiger partial charge on any atom is -0.212 e. The number of nitrogens with zero attached hydrogens (tertiary/aromatic N) is 2. The van der Waals surface area contributed by atoms with Crippen molar-refractivity contribution in [2.75, 3.05) is 11.5 Å². The Bertz CT molecular complexity index is 864. The van der Waals surface area contributed by atoms with Gasteiger partial charge in [-0.2, -0.15) is 8.61 Å². The summed E-state index contributed by atoms with van der Waals surface area (Å²) in [6, 6.07) is 0. The zero-order valence-corrected chi connectivity index (χ0v) is 22.9. The topological polar surface area (TPSA) is 74.8 Å². The second kappa shape index (κ2) is 9.16. The third-order valence-electron chi connectivity index (χ3n) is 6.54. The molecule has 0 N–H and O–H groups in total. The van der Waals surface area contributed by atoms with Gasteiger partial charge in [0.2, 0.25) is 20.0 Å². The molecule has 6 nitrogen and oxygen atoms in total. The summed E-state index contributed by atoms with van der Waals surface area (Å²) in [6.45, 7) is 15.6. The average molecular weight is 489 g/mol. The predicted octanol–water partition coefficient (Wildman–Crippen LogP) is 4.84. The molecule has 0 aliphatic carbocycles. The van der Waals surface area contributed by atoms with Crippen LogP contribution in [0.3, 0.4) is 0 Å². The number of unbranched alkanes of at least 4 members (excludes halogenated alkanes) is 3. The van der Waals surface area contributed by atoms with Crippen LogP contribution in [0, 0.1) is 0 Å². The Morgan fingerprint density at radius 3 is 1.19 bits per heavy atom. The molecule has 8 heteroatoms. The van der Waals surface area contributed by atoms with Crippen molar-refractivity contribution in [2.24, 2.45) is 0 Å². The summed E-state index contributed by atoms with van der Waals surface area (Å²) in [6.07, 6.45) is 11.9. The van der Waals surface area contributed by atoms with Crippen LogP contribution in [0.15, 0.2) is 24.3 Å². The van der Waals surface area contributed by atoms with Gasteiger partial charge in [0.1, 0.15) is 0 Å². The maximum absolute atomic E-state index is 13.1. The zero-order valence-electron chi connectivity index (χ0n) is 21.3. The van der Waals surface area contributed by atoms with Crippen molar-refractivity contribution in [3.63, 3.8) is 0 Å². The van der Waals surface area contributed by atoms with Crippen molar-refractivity contribution in [2.45, 2.75) is 116 Å². The molecule has 0 unspecified atom stereocenters. The Balaban J connectivity index is 1.90. The van der Waals surface area contributed by atoms with Gasteiger partial charge in [0, 0.05) is 22.2 Å². The van der Waals surface area contributed by atoms with Crippen LogP contribution in [0.5, 0.6) is 0 Å². The maximum atomic E-state index is 13.1. The Morgan fingerprint density at radius 2 is 0.906 bits per heavy atom. The molecule has 32 heavy (non-hydrogen) atoms. The Morgan fingerprint density at radius 1 is 0.594 bits per heavy atom. The van der Waals surface area contributed by atoms with Crippen LogP contribution in [-0.2, 0) is 20.0 Å². The molecule has 0 aromatic heterocycles. The molecule has 2 rings (SSSR count). The summed E-state index contributed by atoms with van der Waals surface area (Å²) in [7, 11) is -6.83. The largest absolute Gasteiger partial charge is 0.215 e. The highest BCUT2D eigenvalue weighted by molar-refractivity contribution is 7.89. The summed E-state index contributed by atoms with van der Waals surface area (Å²) in [5.74, 6) is 0.189. The fraction of sp³-hybridized carbons (Fsp3) is 0.833. The van der Waals surface area contributed by atoms with Gasteiger partial charge in [0.05, 0.1) is 11.5 Å². The molecule has 0 aromatic carbocycles. The second-order valence-corrected chi connectivity index (χ2v) is 15.6. The second-order valence-electron chi connectivity index (χ2n) is 11.7. The van der Waals surface area contributed by atoms with Gasteiger partial charge in [-0.25, -0.2) is 16.8 Å². The molecule has 0 bridgehead atoms. The lowest BCUT2D eigenvalue weighted by atomic mass is 9.88. The van der Waals surface area contributed by atoms with Crippen LogP contribution < -0.4 is 0 Å². The fourth-order valence-electron chi connectivity index (χ4n) is 5.71.